The molecule has 192 valence electrons. The summed E-state index contributed by atoms with van der Waals surface area (Å²) in [5.41, 5.74) is 10.9. The molecule has 9 N–H and O–H groups in total. The van der Waals surface area contributed by atoms with Gasteiger partial charge in [0.05, 0.1) is 13.0 Å². The molecule has 1 heterocycles. The van der Waals surface area contributed by atoms with Crippen molar-refractivity contribution in [2.75, 3.05) is 19.7 Å². The number of aliphatic hydroxyl groups is 1. The van der Waals surface area contributed by atoms with Crippen LogP contribution >= 0.6 is 0 Å². The Morgan fingerprint density at radius 2 is 1.62 bits per heavy atom. The summed E-state index contributed by atoms with van der Waals surface area (Å²) in [6.45, 7) is 0.967. The number of nitrogens with two attached hydrogens (primary N) is 2. The Bertz CT molecular complexity index is 776. The van der Waals surface area contributed by atoms with Crippen molar-refractivity contribution in [2.45, 2.75) is 69.6 Å². The average Bonchev–Trinajstić information content (AvgIpc) is 3.25. The first kappa shape index (κ1) is 28.8. The molecule has 1 rings (SSSR count). The third kappa shape index (κ3) is 8.94. The van der Waals surface area contributed by atoms with Gasteiger partial charge in [-0.1, -0.05) is 0 Å². The number of nitrogens with zero attached hydrogens (tertiary/aromatic N) is 1. The topological polar surface area (TPSA) is 234 Å². The first-order valence-corrected chi connectivity index (χ1v) is 11.0. The highest BCUT2D eigenvalue weighted by Crippen LogP contribution is 2.19. The van der Waals surface area contributed by atoms with Gasteiger partial charge >= 0.3 is 5.97 Å². The predicted octanol–water partition coefficient (Wildman–Crippen LogP) is -3.47. The molecule has 1 saturated heterocycles. The predicted molar refractivity (Wildman–Crippen MR) is 118 cm³/mol. The van der Waals surface area contributed by atoms with Gasteiger partial charge in [-0.05, 0) is 38.6 Å². The second-order valence-electron chi connectivity index (χ2n) is 8.03. The molecule has 0 aromatic rings. The highest BCUT2D eigenvalue weighted by Gasteiger charge is 2.37. The molecule has 0 bridgehead atoms. The molecule has 1 aliphatic rings. The Morgan fingerprint density at radius 1 is 1.00 bits per heavy atom. The molecule has 0 unspecified atom stereocenters. The highest BCUT2D eigenvalue weighted by atomic mass is 16.4. The standard InChI is InChI=1S/C20H34N6O8/c1-11(28)23-14(10-27)19(33)25-13(9-16(29)30)18(32)24-12(5-2-3-7-21)20(34)26-8-4-6-15(26)17(22)31/h12-15,27H,2-10,21H2,1H3,(H2,22,31)(H,23,28)(H,24,32)(H,25,33)(H,29,30)/t12-,13-,14-,15-/m0/s1. The van der Waals surface area contributed by atoms with Crippen molar-refractivity contribution >= 4 is 35.5 Å². The molecule has 0 spiro atoms. The van der Waals surface area contributed by atoms with Crippen molar-refractivity contribution in [2.24, 2.45) is 11.5 Å². The number of aliphatic hydroxyl groups excluding tert-OH is 1. The van der Waals surface area contributed by atoms with Crippen LogP contribution in [0.2, 0.25) is 0 Å². The lowest BCUT2D eigenvalue weighted by atomic mass is 10.1. The minimum absolute atomic E-state index is 0.169. The number of rotatable bonds is 14. The second-order valence-corrected chi connectivity index (χ2v) is 8.03. The van der Waals surface area contributed by atoms with E-state index in [4.69, 9.17) is 11.5 Å². The summed E-state index contributed by atoms with van der Waals surface area (Å²) < 4.78 is 0. The molecule has 34 heavy (non-hydrogen) atoms. The fourth-order valence-electron chi connectivity index (χ4n) is 3.64. The molecule has 1 aliphatic heterocycles. The minimum atomic E-state index is -1.59. The number of hydrogen-bond acceptors (Lipinski definition) is 8. The van der Waals surface area contributed by atoms with Gasteiger partial charge in [-0.2, -0.15) is 0 Å². The molecule has 14 nitrogen and oxygen atoms in total. The summed E-state index contributed by atoms with van der Waals surface area (Å²) >= 11 is 0. The molecule has 0 saturated carbocycles. The zero-order valence-corrected chi connectivity index (χ0v) is 19.1. The van der Waals surface area contributed by atoms with E-state index in [9.17, 15) is 39.0 Å². The van der Waals surface area contributed by atoms with Gasteiger partial charge in [0.25, 0.3) is 0 Å². The largest absolute Gasteiger partial charge is 0.481 e. The molecular weight excluding hydrogens is 452 g/mol. The van der Waals surface area contributed by atoms with Gasteiger partial charge in [0.1, 0.15) is 24.2 Å². The van der Waals surface area contributed by atoms with Crippen LogP contribution in [0, 0.1) is 0 Å². The zero-order chi connectivity index (χ0) is 25.8. The maximum atomic E-state index is 13.1. The van der Waals surface area contributed by atoms with Crippen molar-refractivity contribution in [3.8, 4) is 0 Å². The lowest BCUT2D eigenvalue weighted by Crippen LogP contribution is -2.58. The molecular formula is C20H34N6O8. The lowest BCUT2D eigenvalue weighted by molar-refractivity contribution is -0.143. The molecule has 1 fully saturated rings. The van der Waals surface area contributed by atoms with Crippen LogP contribution in [0.3, 0.4) is 0 Å². The smallest absolute Gasteiger partial charge is 0.305 e. The Kier molecular flexibility index (Phi) is 11.9. The number of unbranched alkanes of at least 4 members (excludes halogenated alkanes) is 1. The minimum Gasteiger partial charge on any atom is -0.481 e. The number of amides is 5. The van der Waals surface area contributed by atoms with Gasteiger partial charge in [-0.15, -0.1) is 0 Å². The van der Waals surface area contributed by atoms with Gasteiger partial charge in [-0.3, -0.25) is 28.8 Å². The van der Waals surface area contributed by atoms with Crippen molar-refractivity contribution in [3.63, 3.8) is 0 Å². The summed E-state index contributed by atoms with van der Waals surface area (Å²) in [6, 6.07) is -4.90. The van der Waals surface area contributed by atoms with Crippen molar-refractivity contribution < 1.29 is 39.0 Å². The number of hydrogen-bond donors (Lipinski definition) is 7. The Balaban J connectivity index is 3.03. The van der Waals surface area contributed by atoms with Crippen LogP contribution < -0.4 is 27.4 Å². The van der Waals surface area contributed by atoms with E-state index in [0.717, 1.165) is 6.92 Å². The monoisotopic (exact) mass is 486 g/mol. The Hall–Kier alpha value is -3.26. The summed E-state index contributed by atoms with van der Waals surface area (Å²) in [6.07, 6.45) is 1.34. The molecule has 14 heteroatoms. The van der Waals surface area contributed by atoms with Crippen LogP contribution in [0.15, 0.2) is 0 Å². The Labute approximate surface area is 196 Å². The third-order valence-electron chi connectivity index (χ3n) is 5.31. The zero-order valence-electron chi connectivity index (χ0n) is 19.1. The average molecular weight is 487 g/mol. The fraction of sp³-hybridized carbons (Fsp3) is 0.700. The number of aliphatic carboxylic acids is 1. The SMILES string of the molecule is CC(=O)N[C@@H](CO)C(=O)N[C@@H](CC(=O)O)C(=O)N[C@@H](CCCCN)C(=O)N1CCC[C@H]1C(N)=O. The van der Waals surface area contributed by atoms with Gasteiger partial charge in [0.2, 0.25) is 29.5 Å². The van der Waals surface area contributed by atoms with E-state index >= 15 is 0 Å². The van der Waals surface area contributed by atoms with Crippen LogP contribution in [0.25, 0.3) is 0 Å². The van der Waals surface area contributed by atoms with E-state index in [2.05, 4.69) is 16.0 Å². The van der Waals surface area contributed by atoms with Gasteiger partial charge in [0.15, 0.2) is 0 Å². The first-order valence-electron chi connectivity index (χ1n) is 11.0. The van der Waals surface area contributed by atoms with E-state index < -0.39 is 72.7 Å². The summed E-state index contributed by atoms with van der Waals surface area (Å²) in [7, 11) is 0. The van der Waals surface area contributed by atoms with Crippen molar-refractivity contribution in [3.05, 3.63) is 0 Å². The summed E-state index contributed by atoms with van der Waals surface area (Å²) in [5.74, 6) is -5.15. The van der Waals surface area contributed by atoms with Crippen LogP contribution in [0.1, 0.15) is 45.4 Å². The number of carbonyl (C=O) groups excluding carboxylic acids is 5. The molecule has 4 atom stereocenters. The van der Waals surface area contributed by atoms with Crippen molar-refractivity contribution in [1.82, 2.24) is 20.9 Å². The maximum Gasteiger partial charge on any atom is 0.305 e. The third-order valence-corrected chi connectivity index (χ3v) is 5.31. The van der Waals surface area contributed by atoms with E-state index in [1.807, 2.05) is 0 Å². The van der Waals surface area contributed by atoms with E-state index in [0.29, 0.717) is 32.2 Å². The second kappa shape index (κ2) is 14.1. The number of carboxylic acids is 1. The molecule has 0 aromatic carbocycles. The van der Waals surface area contributed by atoms with Crippen LogP contribution in [-0.4, -0.2) is 94.5 Å². The lowest BCUT2D eigenvalue weighted by Gasteiger charge is -2.29. The normalized spacial score (nSPS) is 17.9. The molecule has 0 radical (unpaired) electrons. The number of primary amides is 1. The van der Waals surface area contributed by atoms with Crippen LogP contribution in [0.5, 0.6) is 0 Å². The highest BCUT2D eigenvalue weighted by molar-refractivity contribution is 5.96. The van der Waals surface area contributed by atoms with Gasteiger partial charge in [-0.25, -0.2) is 0 Å². The molecule has 0 aliphatic carbocycles. The van der Waals surface area contributed by atoms with Crippen LogP contribution in [0.4, 0.5) is 0 Å². The van der Waals surface area contributed by atoms with Gasteiger partial charge < -0.3 is 42.5 Å². The van der Waals surface area contributed by atoms with E-state index in [-0.39, 0.29) is 13.0 Å². The van der Waals surface area contributed by atoms with Gasteiger partial charge in [0, 0.05) is 13.5 Å². The number of carbonyl (C=O) groups is 6. The maximum absolute atomic E-state index is 13.1. The molecule has 5 amide bonds. The summed E-state index contributed by atoms with van der Waals surface area (Å²) in [5, 5.41) is 25.3. The fourth-order valence-corrected chi connectivity index (χ4v) is 3.64. The number of nitrogens with one attached hydrogen (secondary N) is 3. The van der Waals surface area contributed by atoms with Crippen LogP contribution in [-0.2, 0) is 28.8 Å². The number of carboxylic acid groups (broad SMARTS) is 1. The quantitative estimate of drug-likeness (QED) is 0.121. The molecule has 0 aromatic heterocycles. The summed E-state index contributed by atoms with van der Waals surface area (Å²) in [4.78, 5) is 73.9. The van der Waals surface area contributed by atoms with E-state index in [1.165, 1.54) is 4.90 Å². The van der Waals surface area contributed by atoms with E-state index in [1.54, 1.807) is 0 Å². The van der Waals surface area contributed by atoms with Crippen molar-refractivity contribution in [1.29, 1.82) is 0 Å². The Morgan fingerprint density at radius 3 is 2.15 bits per heavy atom. The number of likely N-dealkylation sites (tertiary alicyclic amines) is 1. The first-order chi connectivity index (χ1) is 16.0.